The molecular formula is C22H22O9. The highest BCUT2D eigenvalue weighted by molar-refractivity contribution is 6.03. The number of carbonyl (C=O) groups is 4. The zero-order chi connectivity index (χ0) is 23.2. The van der Waals surface area contributed by atoms with Gasteiger partial charge in [-0.3, -0.25) is 4.89 Å². The quantitative estimate of drug-likeness (QED) is 0.347. The van der Waals surface area contributed by atoms with Gasteiger partial charge >= 0.3 is 23.9 Å². The highest BCUT2D eigenvalue weighted by atomic mass is 17.2. The number of hydrogen-bond acceptors (Lipinski definition) is 7. The number of carboxylic acids is 2. The Kier molecular flexibility index (Phi) is 7.49. The summed E-state index contributed by atoms with van der Waals surface area (Å²) >= 11 is 0. The molecular weight excluding hydrogens is 408 g/mol. The third-order valence-electron chi connectivity index (χ3n) is 4.18. The van der Waals surface area contributed by atoms with Gasteiger partial charge in [0.05, 0.1) is 22.3 Å². The Labute approximate surface area is 178 Å². The second kappa shape index (κ2) is 9.86. The van der Waals surface area contributed by atoms with Crippen LogP contribution in [-0.4, -0.2) is 45.8 Å². The number of aromatic carboxylic acids is 2. The molecule has 1 unspecified atom stereocenters. The summed E-state index contributed by atoms with van der Waals surface area (Å²) in [7, 11) is 0. The van der Waals surface area contributed by atoms with E-state index < -0.39 is 35.6 Å². The van der Waals surface area contributed by atoms with Crippen LogP contribution >= 0.6 is 0 Å². The molecule has 0 aliphatic heterocycles. The SMILES string of the molecule is CC(CC(C)(C)OOC(=O)c1ccccc1C(=O)O)OC(=O)c1ccccc1C(=O)O. The van der Waals surface area contributed by atoms with Crippen LogP contribution in [0.3, 0.4) is 0 Å². The molecule has 1 atom stereocenters. The number of benzene rings is 2. The number of ether oxygens (including phenoxy) is 1. The van der Waals surface area contributed by atoms with Crippen LogP contribution in [-0.2, 0) is 14.5 Å². The monoisotopic (exact) mass is 430 g/mol. The first-order chi connectivity index (χ1) is 14.5. The van der Waals surface area contributed by atoms with Crippen molar-refractivity contribution in [3.05, 3.63) is 70.8 Å². The van der Waals surface area contributed by atoms with Crippen LogP contribution in [0.4, 0.5) is 0 Å². The molecule has 164 valence electrons. The van der Waals surface area contributed by atoms with Crippen LogP contribution < -0.4 is 0 Å². The summed E-state index contributed by atoms with van der Waals surface area (Å²) in [6.07, 6.45) is -0.615. The van der Waals surface area contributed by atoms with Crippen molar-refractivity contribution in [2.45, 2.75) is 38.9 Å². The van der Waals surface area contributed by atoms with E-state index in [0.29, 0.717) is 0 Å². The Balaban J connectivity index is 1.98. The summed E-state index contributed by atoms with van der Waals surface area (Å²) < 4.78 is 5.30. The van der Waals surface area contributed by atoms with Crippen LogP contribution in [0.15, 0.2) is 48.5 Å². The fourth-order valence-corrected chi connectivity index (χ4v) is 2.90. The van der Waals surface area contributed by atoms with Crippen LogP contribution in [0.1, 0.15) is 68.6 Å². The molecule has 0 saturated heterocycles. The second-order valence-electron chi connectivity index (χ2n) is 7.34. The van der Waals surface area contributed by atoms with Gasteiger partial charge in [-0.25, -0.2) is 19.2 Å². The Bertz CT molecular complexity index is 994. The lowest BCUT2D eigenvalue weighted by molar-refractivity contribution is -0.311. The van der Waals surface area contributed by atoms with Gasteiger partial charge in [-0.05, 0) is 45.0 Å². The van der Waals surface area contributed by atoms with Crippen LogP contribution in [0.25, 0.3) is 0 Å². The van der Waals surface area contributed by atoms with Crippen molar-refractivity contribution in [1.82, 2.24) is 0 Å². The molecule has 0 amide bonds. The second-order valence-corrected chi connectivity index (χ2v) is 7.34. The molecule has 0 saturated carbocycles. The van der Waals surface area contributed by atoms with Crippen molar-refractivity contribution in [2.24, 2.45) is 0 Å². The van der Waals surface area contributed by atoms with Gasteiger partial charge in [0, 0.05) is 6.42 Å². The molecule has 2 aromatic rings. The molecule has 9 heteroatoms. The normalized spacial score (nSPS) is 12.0. The number of carboxylic acid groups (broad SMARTS) is 2. The van der Waals surface area contributed by atoms with E-state index in [4.69, 9.17) is 19.6 Å². The molecule has 0 fully saturated rings. The highest BCUT2D eigenvalue weighted by Crippen LogP contribution is 2.22. The van der Waals surface area contributed by atoms with Gasteiger partial charge in [0.2, 0.25) is 0 Å². The van der Waals surface area contributed by atoms with Gasteiger partial charge in [-0.2, -0.15) is 4.89 Å². The standard InChI is InChI=1S/C22H22O9/c1-13(29-20(27)16-10-6-4-8-14(16)18(23)24)12-22(2,3)31-30-21(28)17-11-7-5-9-15(17)19(25)26/h4-11,13H,12H2,1-3H3,(H,23,24)(H,25,26). The Hall–Kier alpha value is -3.72. The molecule has 2 N–H and O–H groups in total. The van der Waals surface area contributed by atoms with E-state index in [1.54, 1.807) is 20.8 Å². The van der Waals surface area contributed by atoms with Crippen molar-refractivity contribution >= 4 is 23.9 Å². The Morgan fingerprint density at radius 1 is 0.806 bits per heavy atom. The molecule has 31 heavy (non-hydrogen) atoms. The maximum Gasteiger partial charge on any atom is 0.373 e. The van der Waals surface area contributed by atoms with Gasteiger partial charge in [0.15, 0.2) is 0 Å². The molecule has 9 nitrogen and oxygen atoms in total. The lowest BCUT2D eigenvalue weighted by Crippen LogP contribution is -2.32. The molecule has 2 rings (SSSR count). The summed E-state index contributed by atoms with van der Waals surface area (Å²) in [5, 5.41) is 18.4. The molecule has 0 aliphatic carbocycles. The molecule has 0 heterocycles. The highest BCUT2D eigenvalue weighted by Gasteiger charge is 2.29. The predicted octanol–water partition coefficient (Wildman–Crippen LogP) is 3.59. The molecule has 0 aromatic heterocycles. The third-order valence-corrected chi connectivity index (χ3v) is 4.18. The van der Waals surface area contributed by atoms with Gasteiger partial charge in [0.1, 0.15) is 11.7 Å². The molecule has 2 aromatic carbocycles. The summed E-state index contributed by atoms with van der Waals surface area (Å²) in [5.74, 6) is -4.33. The van der Waals surface area contributed by atoms with E-state index in [0.717, 1.165) is 0 Å². The first-order valence-electron chi connectivity index (χ1n) is 9.27. The van der Waals surface area contributed by atoms with Crippen molar-refractivity contribution in [2.75, 3.05) is 0 Å². The minimum Gasteiger partial charge on any atom is -0.478 e. The predicted molar refractivity (Wildman–Crippen MR) is 107 cm³/mol. The molecule has 0 bridgehead atoms. The Morgan fingerprint density at radius 3 is 1.68 bits per heavy atom. The first kappa shape index (κ1) is 23.6. The van der Waals surface area contributed by atoms with Gasteiger partial charge in [-0.15, -0.1) is 0 Å². The summed E-state index contributed by atoms with van der Waals surface area (Å²) in [4.78, 5) is 57.0. The lowest BCUT2D eigenvalue weighted by Gasteiger charge is -2.26. The van der Waals surface area contributed by atoms with Crippen LogP contribution in [0.5, 0.6) is 0 Å². The van der Waals surface area contributed by atoms with Crippen molar-refractivity contribution in [3.63, 3.8) is 0 Å². The largest absolute Gasteiger partial charge is 0.478 e. The van der Waals surface area contributed by atoms with E-state index >= 15 is 0 Å². The average Bonchev–Trinajstić information content (AvgIpc) is 2.71. The van der Waals surface area contributed by atoms with Gasteiger partial charge in [-0.1, -0.05) is 24.3 Å². The maximum absolute atomic E-state index is 12.4. The van der Waals surface area contributed by atoms with Crippen molar-refractivity contribution in [1.29, 1.82) is 0 Å². The van der Waals surface area contributed by atoms with Crippen molar-refractivity contribution in [3.8, 4) is 0 Å². The zero-order valence-electron chi connectivity index (χ0n) is 17.2. The van der Waals surface area contributed by atoms with E-state index in [9.17, 15) is 24.3 Å². The fraction of sp³-hybridized carbons (Fsp3) is 0.273. The zero-order valence-corrected chi connectivity index (χ0v) is 17.2. The first-order valence-corrected chi connectivity index (χ1v) is 9.27. The fourth-order valence-electron chi connectivity index (χ4n) is 2.90. The number of carbonyl (C=O) groups excluding carboxylic acids is 2. The van der Waals surface area contributed by atoms with E-state index in [-0.39, 0.29) is 28.7 Å². The number of hydrogen-bond donors (Lipinski definition) is 2. The summed E-state index contributed by atoms with van der Waals surface area (Å²) in [6, 6.07) is 11.2. The van der Waals surface area contributed by atoms with E-state index in [2.05, 4.69) is 0 Å². The van der Waals surface area contributed by atoms with Crippen LogP contribution in [0.2, 0.25) is 0 Å². The molecule has 0 aliphatic rings. The lowest BCUT2D eigenvalue weighted by atomic mass is 10.0. The minimum atomic E-state index is -1.28. The van der Waals surface area contributed by atoms with E-state index in [1.807, 2.05) is 0 Å². The van der Waals surface area contributed by atoms with Gasteiger partial charge in [0.25, 0.3) is 0 Å². The maximum atomic E-state index is 12.4. The van der Waals surface area contributed by atoms with E-state index in [1.165, 1.54) is 48.5 Å². The third kappa shape index (κ3) is 6.38. The van der Waals surface area contributed by atoms with Crippen LogP contribution in [0, 0.1) is 0 Å². The molecule has 0 spiro atoms. The number of rotatable bonds is 9. The smallest absolute Gasteiger partial charge is 0.373 e. The average molecular weight is 430 g/mol. The topological polar surface area (TPSA) is 136 Å². The number of esters is 1. The summed E-state index contributed by atoms with van der Waals surface area (Å²) in [5.41, 5.74) is -1.76. The minimum absolute atomic E-state index is 0.0859. The Morgan fingerprint density at radius 2 is 1.23 bits per heavy atom. The van der Waals surface area contributed by atoms with Crippen molar-refractivity contribution < 1.29 is 43.9 Å². The summed E-state index contributed by atoms with van der Waals surface area (Å²) in [6.45, 7) is 4.74. The van der Waals surface area contributed by atoms with Gasteiger partial charge < -0.3 is 14.9 Å². The molecule has 0 radical (unpaired) electrons.